The van der Waals surface area contributed by atoms with Crippen molar-refractivity contribution in [3.8, 4) is 0 Å². The number of aromatic nitrogens is 2. The lowest BCUT2D eigenvalue weighted by atomic mass is 9.99. The molecule has 1 aromatic carbocycles. The fraction of sp³-hybridized carbons (Fsp3) is 0.560. The number of nitrogens with one attached hydrogen (secondary N) is 1. The number of ether oxygens (including phenoxy) is 1. The molecule has 1 N–H and O–H groups in total. The molecule has 0 saturated carbocycles. The van der Waals surface area contributed by atoms with Crippen LogP contribution in [-0.2, 0) is 40.6 Å². The number of rotatable bonds is 6. The number of anilines is 2. The van der Waals surface area contributed by atoms with Gasteiger partial charge in [-0.25, -0.2) is 19.1 Å². The van der Waals surface area contributed by atoms with E-state index in [1.54, 1.807) is 0 Å². The van der Waals surface area contributed by atoms with Crippen LogP contribution in [0.3, 0.4) is 0 Å². The van der Waals surface area contributed by atoms with Gasteiger partial charge in [0.2, 0.25) is 0 Å². The molecule has 1 saturated heterocycles. The smallest absolute Gasteiger partial charge is 0.326 e. The summed E-state index contributed by atoms with van der Waals surface area (Å²) in [5.74, 6) is 0.620. The number of benzene rings is 1. The van der Waals surface area contributed by atoms with E-state index in [9.17, 15) is 18.4 Å². The summed E-state index contributed by atoms with van der Waals surface area (Å²) < 4.78 is 33.2. The molecule has 2 aromatic rings. The van der Waals surface area contributed by atoms with Crippen LogP contribution in [0, 0.1) is 5.21 Å². The highest BCUT2D eigenvalue weighted by Crippen LogP contribution is 2.39. The molecule has 2 amide bonds. The molecular weight excluding hydrogens is 482 g/mol. The molecule has 0 unspecified atom stereocenters. The molecule has 2 heterocycles. The van der Waals surface area contributed by atoms with Crippen molar-refractivity contribution in [3.05, 3.63) is 51.7 Å². The highest BCUT2D eigenvalue weighted by molar-refractivity contribution is 7.91. The zero-order valence-electron chi connectivity index (χ0n) is 20.7. The van der Waals surface area contributed by atoms with Crippen LogP contribution >= 0.6 is 0 Å². The van der Waals surface area contributed by atoms with Crippen LogP contribution < -0.4 is 9.62 Å². The van der Waals surface area contributed by atoms with E-state index >= 15 is 0 Å². The number of aryl methyl sites for hydroxylation is 2. The normalized spacial score (nSPS) is 17.7. The van der Waals surface area contributed by atoms with Crippen LogP contribution in [0.15, 0.2) is 18.5 Å². The Morgan fingerprint density at radius 1 is 1.06 bits per heavy atom. The third-order valence-electron chi connectivity index (χ3n) is 7.28. The second-order valence-corrected chi connectivity index (χ2v) is 11.6. The first-order valence-electron chi connectivity index (χ1n) is 12.7. The average molecular weight is 515 g/mol. The van der Waals surface area contributed by atoms with E-state index in [2.05, 4.69) is 21.4 Å². The third-order valence-corrected chi connectivity index (χ3v) is 8.87. The number of hydrogen-bond acceptors (Lipinski definition) is 7. The third kappa shape index (κ3) is 4.55. The Morgan fingerprint density at radius 2 is 1.64 bits per heavy atom. The molecule has 0 spiro atoms. The number of fused-ring (bicyclic) bond motifs is 2. The summed E-state index contributed by atoms with van der Waals surface area (Å²) in [6.07, 6.45) is 8.99. The van der Waals surface area contributed by atoms with Crippen molar-refractivity contribution >= 4 is 27.6 Å². The Bertz CT molecular complexity index is 1210. The van der Waals surface area contributed by atoms with Gasteiger partial charge in [0.25, 0.3) is 0 Å². The number of carbonyl (C=O) groups excluding carboxylic acids is 1. The maximum Gasteiger partial charge on any atom is 0.326 e. The van der Waals surface area contributed by atoms with Crippen molar-refractivity contribution in [2.45, 2.75) is 77.2 Å². The largest absolute Gasteiger partial charge is 0.740 e. The van der Waals surface area contributed by atoms with Crippen molar-refractivity contribution in [3.63, 3.8) is 0 Å². The van der Waals surface area contributed by atoms with E-state index in [1.165, 1.54) is 23.5 Å². The number of amides is 2. The van der Waals surface area contributed by atoms with Crippen LogP contribution in [0.2, 0.25) is 0 Å². The molecular formula is C25H32N5O5S-. The molecule has 36 heavy (non-hydrogen) atoms. The van der Waals surface area contributed by atoms with Gasteiger partial charge < -0.3 is 15.3 Å². The Labute approximate surface area is 211 Å². The summed E-state index contributed by atoms with van der Waals surface area (Å²) in [6.45, 7) is 4.58. The second-order valence-electron chi connectivity index (χ2n) is 9.99. The molecule has 2 aliphatic carbocycles. The molecule has 1 aliphatic heterocycles. The minimum Gasteiger partial charge on any atom is -0.740 e. The lowest BCUT2D eigenvalue weighted by molar-refractivity contribution is 0.0874. The summed E-state index contributed by atoms with van der Waals surface area (Å²) in [4.78, 5) is 21.7. The lowest BCUT2D eigenvalue weighted by Gasteiger charge is -2.40. The van der Waals surface area contributed by atoms with Gasteiger partial charge >= 0.3 is 16.2 Å². The van der Waals surface area contributed by atoms with Crippen LogP contribution in [0.25, 0.3) is 0 Å². The Morgan fingerprint density at radius 3 is 2.19 bits per heavy atom. The van der Waals surface area contributed by atoms with E-state index in [0.717, 1.165) is 54.0 Å². The summed E-state index contributed by atoms with van der Waals surface area (Å²) in [5.41, 5.74) is 5.18. The minimum atomic E-state index is -4.77. The van der Waals surface area contributed by atoms with Crippen molar-refractivity contribution in [2.75, 3.05) is 22.8 Å². The molecule has 0 bridgehead atoms. The monoisotopic (exact) mass is 514 g/mol. The first kappa shape index (κ1) is 24.9. The van der Waals surface area contributed by atoms with Crippen molar-refractivity contribution < 1.29 is 17.9 Å². The van der Waals surface area contributed by atoms with Crippen molar-refractivity contribution in [1.82, 2.24) is 14.4 Å². The van der Waals surface area contributed by atoms with Gasteiger partial charge in [-0.05, 0) is 73.6 Å². The number of urea groups is 1. The van der Waals surface area contributed by atoms with Gasteiger partial charge in [-0.3, -0.25) is 4.47 Å². The van der Waals surface area contributed by atoms with Gasteiger partial charge in [0.1, 0.15) is 5.82 Å². The van der Waals surface area contributed by atoms with Gasteiger partial charge in [0.15, 0.2) is 0 Å². The van der Waals surface area contributed by atoms with E-state index in [4.69, 9.17) is 4.74 Å². The molecule has 3 aliphatic rings. The number of carbonyl (C=O) groups is 1. The molecule has 0 atom stereocenters. The van der Waals surface area contributed by atoms with E-state index in [0.29, 0.717) is 37.6 Å². The molecule has 1 aromatic heterocycles. The SMILES string of the molecule is CC(C)c1ncc(N(C2CCOCC2)S(=O)(=O)N([O-])C(=O)Nc2c3c(cc4c2CCC4)CCC3)cn1. The van der Waals surface area contributed by atoms with E-state index in [1.807, 2.05) is 13.8 Å². The topological polar surface area (TPSA) is 128 Å². The molecule has 0 radical (unpaired) electrons. The van der Waals surface area contributed by atoms with Crippen LogP contribution in [-0.4, -0.2) is 48.1 Å². The molecule has 194 valence electrons. The van der Waals surface area contributed by atoms with Crippen LogP contribution in [0.1, 0.15) is 73.5 Å². The zero-order chi connectivity index (χ0) is 25.4. The average Bonchev–Trinajstić information content (AvgIpc) is 3.54. The summed E-state index contributed by atoms with van der Waals surface area (Å²) in [5, 5.41) is 15.9. The lowest BCUT2D eigenvalue weighted by Crippen LogP contribution is -2.51. The summed E-state index contributed by atoms with van der Waals surface area (Å²) in [6, 6.07) is 0.451. The standard InChI is InChI=1S/C25H32N5O5S/c1-16(2)24-26-14-20(15-27-24)29(19-9-11-35-12-10-19)36(33,34)30(32)25(31)28-23-21-7-3-5-17(21)13-18-6-4-8-22(18)23/h13-16,19H,3-12H2,1-2H3,(H,28,31)/q-1. The van der Waals surface area contributed by atoms with Gasteiger partial charge in [-0.15, -0.1) is 0 Å². The zero-order valence-corrected chi connectivity index (χ0v) is 21.5. The predicted molar refractivity (Wildman–Crippen MR) is 136 cm³/mol. The van der Waals surface area contributed by atoms with Gasteiger partial charge in [-0.2, -0.15) is 8.42 Å². The number of hydrogen-bond donors (Lipinski definition) is 1. The number of nitrogens with zero attached hydrogens (tertiary/aromatic N) is 4. The van der Waals surface area contributed by atoms with Gasteiger partial charge in [0.05, 0.1) is 24.1 Å². The predicted octanol–water partition coefficient (Wildman–Crippen LogP) is 3.84. The first-order chi connectivity index (χ1) is 17.3. The quantitative estimate of drug-likeness (QED) is 0.580. The maximum absolute atomic E-state index is 13.6. The Balaban J connectivity index is 1.46. The van der Waals surface area contributed by atoms with Crippen LogP contribution in [0.4, 0.5) is 16.2 Å². The molecule has 11 heteroatoms. The van der Waals surface area contributed by atoms with E-state index in [-0.39, 0.29) is 11.6 Å². The minimum absolute atomic E-state index is 0.0586. The van der Waals surface area contributed by atoms with E-state index < -0.39 is 26.8 Å². The Kier molecular flexibility index (Phi) is 6.88. The molecule has 5 rings (SSSR count). The number of hydroxylamine groups is 1. The fourth-order valence-corrected chi connectivity index (χ4v) is 6.86. The Hall–Kier alpha value is -2.76. The van der Waals surface area contributed by atoms with Crippen LogP contribution in [0.5, 0.6) is 0 Å². The van der Waals surface area contributed by atoms with Crippen molar-refractivity contribution in [2.24, 2.45) is 0 Å². The molecule has 1 fully saturated rings. The van der Waals surface area contributed by atoms with Gasteiger partial charge in [0, 0.05) is 24.8 Å². The summed E-state index contributed by atoms with van der Waals surface area (Å²) in [7, 11) is -4.77. The van der Waals surface area contributed by atoms with Crippen molar-refractivity contribution in [1.29, 1.82) is 0 Å². The highest BCUT2D eigenvalue weighted by Gasteiger charge is 2.36. The fourth-order valence-electron chi connectivity index (χ4n) is 5.50. The maximum atomic E-state index is 13.6. The van der Waals surface area contributed by atoms with Gasteiger partial charge in [-0.1, -0.05) is 19.9 Å². The summed E-state index contributed by atoms with van der Waals surface area (Å²) >= 11 is 0. The second kappa shape index (κ2) is 9.95. The molecule has 10 nitrogen and oxygen atoms in total. The highest BCUT2D eigenvalue weighted by atomic mass is 32.2. The first-order valence-corrected chi connectivity index (χ1v) is 14.1.